The molecule has 1 atom stereocenters. The molecule has 1 aromatic heterocycles. The largest absolute Gasteiger partial charge is 0.355 e. The van der Waals surface area contributed by atoms with Gasteiger partial charge in [0.2, 0.25) is 5.91 Å². The molecule has 25 heavy (non-hydrogen) atoms. The molecule has 5 heteroatoms. The fraction of sp³-hybridized carbons (Fsp3) is 0.450. The van der Waals surface area contributed by atoms with Gasteiger partial charge in [-0.2, -0.15) is 5.10 Å². The normalized spacial score (nSPS) is 22.6. The van der Waals surface area contributed by atoms with E-state index in [2.05, 4.69) is 39.4 Å². The number of amides is 1. The summed E-state index contributed by atoms with van der Waals surface area (Å²) in [5, 5.41) is 8.50. The number of aryl methyl sites for hydroxylation is 1. The number of anilines is 1. The zero-order valence-electron chi connectivity index (χ0n) is 14.9. The average molecular weight is 336 g/mol. The van der Waals surface area contributed by atoms with Crippen molar-refractivity contribution in [2.45, 2.75) is 37.6 Å². The van der Waals surface area contributed by atoms with Gasteiger partial charge in [0.1, 0.15) is 0 Å². The second-order valence-electron chi connectivity index (χ2n) is 7.24. The van der Waals surface area contributed by atoms with Crippen molar-refractivity contribution in [2.24, 2.45) is 0 Å². The third-order valence-corrected chi connectivity index (χ3v) is 6.01. The van der Waals surface area contributed by atoms with Gasteiger partial charge >= 0.3 is 0 Å². The van der Waals surface area contributed by atoms with Crippen molar-refractivity contribution < 1.29 is 4.79 Å². The number of hydrogen-bond acceptors (Lipinski definition) is 4. The molecule has 4 rings (SSSR count). The molecule has 1 aromatic carbocycles. The van der Waals surface area contributed by atoms with E-state index in [1.807, 2.05) is 37.1 Å². The Hall–Kier alpha value is -2.43. The van der Waals surface area contributed by atoms with Crippen molar-refractivity contribution in [3.63, 3.8) is 0 Å². The standard InChI is InChI=1S/C20H24N4O/c1-15-8-9-18(22-21-15)24-12-10-20(11-13-24)17(14-19(25)23(20)2)16-6-4-3-5-7-16/h3-9,17H,10-14H2,1-2H3. The third kappa shape index (κ3) is 2.68. The lowest BCUT2D eigenvalue weighted by atomic mass is 9.74. The van der Waals surface area contributed by atoms with Crippen molar-refractivity contribution in [2.75, 3.05) is 25.0 Å². The second kappa shape index (κ2) is 6.14. The van der Waals surface area contributed by atoms with E-state index in [1.165, 1.54) is 5.56 Å². The molecule has 1 spiro atoms. The predicted octanol–water partition coefficient (Wildman–Crippen LogP) is 2.77. The number of likely N-dealkylation sites (N-methyl/N-ethyl adjacent to an activating group) is 1. The Labute approximate surface area is 148 Å². The molecular weight excluding hydrogens is 312 g/mol. The molecule has 2 aliphatic rings. The van der Waals surface area contributed by atoms with E-state index in [0.717, 1.165) is 37.4 Å². The minimum Gasteiger partial charge on any atom is -0.355 e. The van der Waals surface area contributed by atoms with Crippen LogP contribution < -0.4 is 4.90 Å². The molecule has 5 nitrogen and oxygen atoms in total. The zero-order valence-corrected chi connectivity index (χ0v) is 14.9. The number of piperidine rings is 1. The highest BCUT2D eigenvalue weighted by atomic mass is 16.2. The molecular formula is C20H24N4O. The molecule has 130 valence electrons. The van der Waals surface area contributed by atoms with Crippen LogP contribution in [-0.4, -0.2) is 46.7 Å². The molecule has 3 heterocycles. The highest BCUT2D eigenvalue weighted by Gasteiger charge is 2.52. The second-order valence-corrected chi connectivity index (χ2v) is 7.24. The Balaban J connectivity index is 1.58. The summed E-state index contributed by atoms with van der Waals surface area (Å²) in [6, 6.07) is 14.6. The van der Waals surface area contributed by atoms with Crippen LogP contribution >= 0.6 is 0 Å². The van der Waals surface area contributed by atoms with Crippen LogP contribution in [0.4, 0.5) is 5.82 Å². The number of nitrogens with zero attached hydrogens (tertiary/aromatic N) is 4. The minimum atomic E-state index is -0.0763. The molecule has 2 saturated heterocycles. The van der Waals surface area contributed by atoms with Crippen molar-refractivity contribution in [1.29, 1.82) is 0 Å². The summed E-state index contributed by atoms with van der Waals surface area (Å²) in [5.74, 6) is 1.47. The molecule has 0 aliphatic carbocycles. The van der Waals surface area contributed by atoms with Crippen LogP contribution in [0.1, 0.15) is 36.4 Å². The molecule has 1 unspecified atom stereocenters. The molecule has 2 aliphatic heterocycles. The van der Waals surface area contributed by atoms with Crippen LogP contribution in [0.2, 0.25) is 0 Å². The van der Waals surface area contributed by atoms with E-state index < -0.39 is 0 Å². The summed E-state index contributed by atoms with van der Waals surface area (Å²) in [6.45, 7) is 3.75. The van der Waals surface area contributed by atoms with Crippen LogP contribution in [-0.2, 0) is 4.79 Å². The summed E-state index contributed by atoms with van der Waals surface area (Å²) in [5.41, 5.74) is 2.14. The first kappa shape index (κ1) is 16.1. The van der Waals surface area contributed by atoms with Crippen molar-refractivity contribution in [3.05, 3.63) is 53.7 Å². The van der Waals surface area contributed by atoms with Gasteiger partial charge in [-0.15, -0.1) is 5.10 Å². The van der Waals surface area contributed by atoms with Gasteiger partial charge in [0.25, 0.3) is 0 Å². The van der Waals surface area contributed by atoms with E-state index in [0.29, 0.717) is 6.42 Å². The first-order valence-corrected chi connectivity index (χ1v) is 8.97. The summed E-state index contributed by atoms with van der Waals surface area (Å²) < 4.78 is 0. The molecule has 2 aromatic rings. The van der Waals surface area contributed by atoms with Gasteiger partial charge in [-0.1, -0.05) is 30.3 Å². The van der Waals surface area contributed by atoms with Crippen molar-refractivity contribution in [1.82, 2.24) is 15.1 Å². The number of carbonyl (C=O) groups is 1. The lowest BCUT2D eigenvalue weighted by Crippen LogP contribution is -2.54. The minimum absolute atomic E-state index is 0.0763. The summed E-state index contributed by atoms with van der Waals surface area (Å²) in [6.07, 6.45) is 2.54. The maximum absolute atomic E-state index is 12.5. The van der Waals surface area contributed by atoms with Gasteiger partial charge in [-0.3, -0.25) is 4.79 Å². The van der Waals surface area contributed by atoms with Gasteiger partial charge in [0.15, 0.2) is 5.82 Å². The lowest BCUT2D eigenvalue weighted by Gasteiger charge is -2.47. The molecule has 0 bridgehead atoms. The van der Waals surface area contributed by atoms with Crippen LogP contribution in [0, 0.1) is 6.92 Å². The Morgan fingerprint density at radius 3 is 2.40 bits per heavy atom. The Bertz CT molecular complexity index is 751. The highest BCUT2D eigenvalue weighted by molar-refractivity contribution is 5.81. The Kier molecular flexibility index (Phi) is 3.94. The number of aromatic nitrogens is 2. The summed E-state index contributed by atoms with van der Waals surface area (Å²) in [4.78, 5) is 16.8. The molecule has 0 N–H and O–H groups in total. The van der Waals surface area contributed by atoms with Gasteiger partial charge in [0.05, 0.1) is 11.2 Å². The quantitative estimate of drug-likeness (QED) is 0.846. The van der Waals surface area contributed by atoms with E-state index in [4.69, 9.17) is 0 Å². The van der Waals surface area contributed by atoms with E-state index >= 15 is 0 Å². The zero-order chi connectivity index (χ0) is 17.4. The predicted molar refractivity (Wildman–Crippen MR) is 97.5 cm³/mol. The highest BCUT2D eigenvalue weighted by Crippen LogP contribution is 2.48. The number of rotatable bonds is 2. The molecule has 0 radical (unpaired) electrons. The fourth-order valence-electron chi connectivity index (χ4n) is 4.46. The molecule has 2 fully saturated rings. The fourth-order valence-corrected chi connectivity index (χ4v) is 4.46. The van der Waals surface area contributed by atoms with E-state index in [1.54, 1.807) is 0 Å². The SMILES string of the molecule is Cc1ccc(N2CCC3(CC2)C(c2ccccc2)CC(=O)N3C)nn1. The third-order valence-electron chi connectivity index (χ3n) is 6.01. The summed E-state index contributed by atoms with van der Waals surface area (Å²) >= 11 is 0. The van der Waals surface area contributed by atoms with Crippen LogP contribution in [0.5, 0.6) is 0 Å². The average Bonchev–Trinajstić information content (AvgIpc) is 2.89. The van der Waals surface area contributed by atoms with Gasteiger partial charge < -0.3 is 9.80 Å². The van der Waals surface area contributed by atoms with Crippen LogP contribution in [0.25, 0.3) is 0 Å². The lowest BCUT2D eigenvalue weighted by molar-refractivity contribution is -0.130. The van der Waals surface area contributed by atoms with E-state index in [9.17, 15) is 4.79 Å². The molecule has 1 amide bonds. The number of hydrogen-bond donors (Lipinski definition) is 0. The Morgan fingerprint density at radius 1 is 1.04 bits per heavy atom. The van der Waals surface area contributed by atoms with Crippen molar-refractivity contribution in [3.8, 4) is 0 Å². The monoisotopic (exact) mass is 336 g/mol. The summed E-state index contributed by atoms with van der Waals surface area (Å²) in [7, 11) is 1.98. The van der Waals surface area contributed by atoms with E-state index in [-0.39, 0.29) is 17.4 Å². The van der Waals surface area contributed by atoms with Crippen LogP contribution in [0.3, 0.4) is 0 Å². The number of benzene rings is 1. The number of carbonyl (C=O) groups excluding carboxylic acids is 1. The first-order chi connectivity index (χ1) is 12.1. The maximum Gasteiger partial charge on any atom is 0.223 e. The first-order valence-electron chi connectivity index (χ1n) is 8.97. The smallest absolute Gasteiger partial charge is 0.223 e. The van der Waals surface area contributed by atoms with Gasteiger partial charge in [-0.25, -0.2) is 0 Å². The van der Waals surface area contributed by atoms with Crippen LogP contribution in [0.15, 0.2) is 42.5 Å². The van der Waals surface area contributed by atoms with Gasteiger partial charge in [0, 0.05) is 32.5 Å². The topological polar surface area (TPSA) is 49.3 Å². The maximum atomic E-state index is 12.5. The van der Waals surface area contributed by atoms with Gasteiger partial charge in [-0.05, 0) is 37.5 Å². The molecule has 0 saturated carbocycles. The Morgan fingerprint density at radius 2 is 1.76 bits per heavy atom. The number of likely N-dealkylation sites (tertiary alicyclic amines) is 1. The van der Waals surface area contributed by atoms with Crippen molar-refractivity contribution >= 4 is 11.7 Å².